The van der Waals surface area contributed by atoms with Gasteiger partial charge in [-0.3, -0.25) is 9.98 Å². The van der Waals surface area contributed by atoms with Crippen molar-refractivity contribution in [3.05, 3.63) is 64.2 Å². The van der Waals surface area contributed by atoms with Gasteiger partial charge in [0.25, 0.3) is 0 Å². The molecule has 0 fully saturated rings. The molecule has 0 bridgehead atoms. The molecule has 2 nitrogen and oxygen atoms in total. The van der Waals surface area contributed by atoms with Crippen LogP contribution >= 0.6 is 0 Å². The molecule has 0 radical (unpaired) electrons. The van der Waals surface area contributed by atoms with E-state index in [0.29, 0.717) is 13.0 Å². The number of fused-ring (bicyclic) bond motifs is 2. The van der Waals surface area contributed by atoms with Gasteiger partial charge in [-0.25, -0.2) is 4.39 Å². The fourth-order valence-electron chi connectivity index (χ4n) is 3.84. The fraction of sp³-hybridized carbons (Fsp3) is 0.429. The van der Waals surface area contributed by atoms with Gasteiger partial charge >= 0.3 is 0 Å². The van der Waals surface area contributed by atoms with Gasteiger partial charge in [-0.15, -0.1) is 0 Å². The van der Waals surface area contributed by atoms with Crippen molar-refractivity contribution in [1.29, 1.82) is 0 Å². The van der Waals surface area contributed by atoms with E-state index in [1.807, 2.05) is 12.3 Å². The number of nitrogens with zero attached hydrogens (tertiary/aromatic N) is 2. The summed E-state index contributed by atoms with van der Waals surface area (Å²) < 4.78 is 14.5. The first kappa shape index (κ1) is 15.5. The van der Waals surface area contributed by atoms with Gasteiger partial charge in [-0.05, 0) is 60.8 Å². The van der Waals surface area contributed by atoms with Gasteiger partial charge in [0, 0.05) is 29.6 Å². The van der Waals surface area contributed by atoms with Crippen molar-refractivity contribution in [2.45, 2.75) is 46.0 Å². The Morgan fingerprint density at radius 1 is 1.12 bits per heavy atom. The largest absolute Gasteiger partial charge is 0.283 e. The topological polar surface area (TPSA) is 25.2 Å². The summed E-state index contributed by atoms with van der Waals surface area (Å²) in [6, 6.07) is 7.57. The first-order valence-corrected chi connectivity index (χ1v) is 8.84. The molecule has 124 valence electrons. The van der Waals surface area contributed by atoms with Crippen molar-refractivity contribution < 1.29 is 4.39 Å². The maximum absolute atomic E-state index is 14.5. The molecule has 2 aliphatic rings. The second kappa shape index (κ2) is 5.80. The maximum atomic E-state index is 14.5. The first-order chi connectivity index (χ1) is 11.5. The lowest BCUT2D eigenvalue weighted by atomic mass is 9.84. The molecule has 1 aliphatic carbocycles. The zero-order chi connectivity index (χ0) is 16.7. The summed E-state index contributed by atoms with van der Waals surface area (Å²) in [6.07, 6.45) is 7.24. The Hall–Kier alpha value is -2.03. The smallest absolute Gasteiger partial charge is 0.127 e. The lowest BCUT2D eigenvalue weighted by molar-refractivity contribution is 0.374. The summed E-state index contributed by atoms with van der Waals surface area (Å²) in [7, 11) is 0. The third kappa shape index (κ3) is 2.77. The number of hydrogen-bond donors (Lipinski definition) is 0. The average Bonchev–Trinajstić information content (AvgIpc) is 2.71. The van der Waals surface area contributed by atoms with Gasteiger partial charge in [0.1, 0.15) is 5.82 Å². The van der Waals surface area contributed by atoms with Gasteiger partial charge < -0.3 is 0 Å². The number of aliphatic imine (C=N–C) groups is 1. The number of rotatable bonds is 1. The molecule has 0 saturated heterocycles. The van der Waals surface area contributed by atoms with Crippen LogP contribution in [0.3, 0.4) is 0 Å². The Kier molecular flexibility index (Phi) is 3.75. The normalized spacial score (nSPS) is 19.0. The second-order valence-corrected chi connectivity index (χ2v) is 7.81. The van der Waals surface area contributed by atoms with Gasteiger partial charge in [0.2, 0.25) is 0 Å². The second-order valence-electron chi connectivity index (χ2n) is 7.81. The number of aromatic nitrogens is 1. The molecule has 0 amide bonds. The van der Waals surface area contributed by atoms with Crippen molar-refractivity contribution in [2.24, 2.45) is 10.4 Å². The van der Waals surface area contributed by atoms with Crippen LogP contribution < -0.4 is 0 Å². The SMILES string of the molecule is CC1(C)CN=C(c2cnc3c(c2)CCCC3)c2cccc(F)c2C1. The van der Waals surface area contributed by atoms with Crippen LogP contribution in [0.25, 0.3) is 0 Å². The molecular weight excluding hydrogens is 299 g/mol. The Bertz CT molecular complexity index is 821. The Morgan fingerprint density at radius 2 is 1.96 bits per heavy atom. The van der Waals surface area contributed by atoms with Crippen LogP contribution in [0.15, 0.2) is 35.5 Å². The zero-order valence-electron chi connectivity index (χ0n) is 14.4. The number of hydrogen-bond acceptors (Lipinski definition) is 2. The first-order valence-electron chi connectivity index (χ1n) is 8.84. The standard InChI is InChI=1S/C21H23FN2/c1-21(2)11-17-16(7-5-8-18(17)22)20(24-13-21)15-10-14-6-3-4-9-19(14)23-12-15/h5,7-8,10,12H,3-4,6,9,11,13H2,1-2H3. The van der Waals surface area contributed by atoms with Crippen molar-refractivity contribution in [3.63, 3.8) is 0 Å². The van der Waals surface area contributed by atoms with E-state index < -0.39 is 0 Å². The predicted octanol–water partition coefficient (Wildman–Crippen LogP) is 4.52. The average molecular weight is 322 g/mol. The molecule has 1 aromatic heterocycles. The minimum atomic E-state index is -0.124. The maximum Gasteiger partial charge on any atom is 0.127 e. The van der Waals surface area contributed by atoms with Crippen molar-refractivity contribution in [2.75, 3.05) is 6.54 Å². The molecule has 24 heavy (non-hydrogen) atoms. The highest BCUT2D eigenvalue weighted by Crippen LogP contribution is 2.32. The van der Waals surface area contributed by atoms with Gasteiger partial charge in [-0.1, -0.05) is 26.0 Å². The van der Waals surface area contributed by atoms with E-state index in [1.165, 1.54) is 24.1 Å². The van der Waals surface area contributed by atoms with Crippen LogP contribution in [0.5, 0.6) is 0 Å². The van der Waals surface area contributed by atoms with Crippen LogP contribution in [0, 0.1) is 11.2 Å². The molecule has 2 heterocycles. The van der Waals surface area contributed by atoms with Crippen LogP contribution in [0.1, 0.15) is 54.6 Å². The lowest BCUT2D eigenvalue weighted by Gasteiger charge is -2.21. The van der Waals surface area contributed by atoms with Crippen LogP contribution in [-0.2, 0) is 19.3 Å². The Labute approximate surface area is 142 Å². The van der Waals surface area contributed by atoms with Gasteiger partial charge in [0.15, 0.2) is 0 Å². The van der Waals surface area contributed by atoms with Gasteiger partial charge in [0.05, 0.1) is 5.71 Å². The summed E-state index contributed by atoms with van der Waals surface area (Å²) in [5.41, 5.74) is 6.16. The van der Waals surface area contributed by atoms with E-state index in [0.717, 1.165) is 35.2 Å². The monoisotopic (exact) mass is 322 g/mol. The van der Waals surface area contributed by atoms with Crippen molar-refractivity contribution >= 4 is 5.71 Å². The van der Waals surface area contributed by atoms with E-state index in [-0.39, 0.29) is 11.2 Å². The molecule has 3 heteroatoms. The minimum Gasteiger partial charge on any atom is -0.283 e. The van der Waals surface area contributed by atoms with Crippen molar-refractivity contribution in [3.8, 4) is 0 Å². The Morgan fingerprint density at radius 3 is 2.83 bits per heavy atom. The number of benzene rings is 1. The fourth-order valence-corrected chi connectivity index (χ4v) is 3.84. The van der Waals surface area contributed by atoms with Gasteiger partial charge in [-0.2, -0.15) is 0 Å². The summed E-state index contributed by atoms with van der Waals surface area (Å²) >= 11 is 0. The third-order valence-electron chi connectivity index (χ3n) is 5.14. The highest BCUT2D eigenvalue weighted by atomic mass is 19.1. The van der Waals surface area contributed by atoms with E-state index in [1.54, 1.807) is 12.1 Å². The predicted molar refractivity (Wildman–Crippen MR) is 95.3 cm³/mol. The number of halogens is 1. The number of pyridine rings is 1. The quantitative estimate of drug-likeness (QED) is 0.758. The molecule has 1 aliphatic heterocycles. The molecule has 0 atom stereocenters. The van der Waals surface area contributed by atoms with E-state index in [9.17, 15) is 4.39 Å². The molecule has 4 rings (SSSR count). The van der Waals surface area contributed by atoms with E-state index >= 15 is 0 Å². The molecule has 2 aromatic rings. The molecule has 0 spiro atoms. The number of aryl methyl sites for hydroxylation is 2. The van der Waals surface area contributed by atoms with Crippen LogP contribution in [-0.4, -0.2) is 17.2 Å². The van der Waals surface area contributed by atoms with Crippen LogP contribution in [0.4, 0.5) is 4.39 Å². The molecule has 0 saturated carbocycles. The highest BCUT2D eigenvalue weighted by Gasteiger charge is 2.28. The van der Waals surface area contributed by atoms with E-state index in [4.69, 9.17) is 4.99 Å². The molecular formula is C21H23FN2. The molecule has 0 unspecified atom stereocenters. The van der Waals surface area contributed by atoms with Crippen LogP contribution in [0.2, 0.25) is 0 Å². The summed E-state index contributed by atoms with van der Waals surface area (Å²) in [5.74, 6) is -0.124. The molecule has 1 aromatic carbocycles. The highest BCUT2D eigenvalue weighted by molar-refractivity contribution is 6.14. The summed E-state index contributed by atoms with van der Waals surface area (Å²) in [4.78, 5) is 9.57. The zero-order valence-corrected chi connectivity index (χ0v) is 14.4. The lowest BCUT2D eigenvalue weighted by Crippen LogP contribution is -2.18. The summed E-state index contributed by atoms with van der Waals surface area (Å²) in [6.45, 7) is 5.01. The third-order valence-corrected chi connectivity index (χ3v) is 5.14. The Balaban J connectivity index is 1.86. The molecule has 0 N–H and O–H groups in total. The minimum absolute atomic E-state index is 0.0413. The van der Waals surface area contributed by atoms with Crippen molar-refractivity contribution in [1.82, 2.24) is 4.98 Å². The van der Waals surface area contributed by atoms with E-state index in [2.05, 4.69) is 24.9 Å². The summed E-state index contributed by atoms with van der Waals surface area (Å²) in [5, 5.41) is 0.